The van der Waals surface area contributed by atoms with Crippen molar-refractivity contribution in [3.63, 3.8) is 0 Å². The second-order valence-electron chi connectivity index (χ2n) is 3.37. The monoisotopic (exact) mass is 303 g/mol. The fraction of sp³-hybridized carbons (Fsp3) is 0.500. The molecule has 1 rings (SSSR count). The van der Waals surface area contributed by atoms with Crippen LogP contribution in [0, 0.1) is 0 Å². The summed E-state index contributed by atoms with van der Waals surface area (Å²) < 4.78 is 18.5. The quantitative estimate of drug-likeness (QED) is 0.682. The summed E-state index contributed by atoms with van der Waals surface area (Å²) in [4.78, 5) is 0. The molecular weight excluding hydrogens is 282 g/mol. The van der Waals surface area contributed by atoms with Gasteiger partial charge in [-0.2, -0.15) is 0 Å². The Morgan fingerprint density at radius 2 is 1.35 bits per heavy atom. The summed E-state index contributed by atoms with van der Waals surface area (Å²) in [7, 11) is 0. The van der Waals surface area contributed by atoms with Crippen LogP contribution in [-0.4, -0.2) is 40.2 Å². The van der Waals surface area contributed by atoms with Crippen LogP contribution in [0.25, 0.3) is 0 Å². The molecule has 0 aliphatic carbocycles. The van der Waals surface area contributed by atoms with Gasteiger partial charge in [0.05, 0.1) is 0 Å². The zero-order valence-corrected chi connectivity index (χ0v) is 12.4. The van der Waals surface area contributed by atoms with E-state index in [4.69, 9.17) is 14.0 Å². The maximum absolute atomic E-state index is 5.76. The van der Waals surface area contributed by atoms with Gasteiger partial charge in [0.15, 0.2) is 0 Å². The summed E-state index contributed by atoms with van der Waals surface area (Å²) in [5.74, 6) is 0. The molecule has 0 aromatic heterocycles. The van der Waals surface area contributed by atoms with Crippen LogP contribution in [0.2, 0.25) is 0 Å². The number of hydrogen-bond donors (Lipinski definition) is 0. The van der Waals surface area contributed by atoms with Crippen molar-refractivity contribution in [1.82, 2.24) is 0 Å². The minimum atomic E-state index is -1.60. The minimum absolute atomic E-state index is 0.0310. The number of rotatable bonds is 8. The Morgan fingerprint density at radius 1 is 0.882 bits per heavy atom. The molecule has 0 bridgehead atoms. The van der Waals surface area contributed by atoms with Crippen molar-refractivity contribution in [2.24, 2.45) is 0 Å². The molecule has 0 N–H and O–H groups in total. The molecule has 0 heterocycles. The van der Waals surface area contributed by atoms with Crippen LogP contribution in [0.4, 0.5) is 0 Å². The number of benzene rings is 1. The summed E-state index contributed by atoms with van der Waals surface area (Å²) in [6, 6.07) is 10.3. The van der Waals surface area contributed by atoms with Crippen molar-refractivity contribution in [1.29, 1.82) is 0 Å². The molecule has 0 atom stereocenters. The van der Waals surface area contributed by atoms with E-state index in [1.807, 2.05) is 39.0 Å². The van der Waals surface area contributed by atoms with Crippen LogP contribution in [0.1, 0.15) is 20.8 Å². The first-order valence-electron chi connectivity index (χ1n) is 6.04. The van der Waals surface area contributed by atoms with Gasteiger partial charge in [0.2, 0.25) is 0 Å². The van der Waals surface area contributed by atoms with E-state index in [9.17, 15) is 0 Å². The molecule has 0 unspecified atom stereocenters. The van der Waals surface area contributed by atoms with Gasteiger partial charge in [0.25, 0.3) is 0 Å². The Labute approximate surface area is 110 Å². The van der Waals surface area contributed by atoms with E-state index >= 15 is 0 Å². The van der Waals surface area contributed by atoms with Gasteiger partial charge in [-0.3, -0.25) is 0 Å². The van der Waals surface area contributed by atoms with Gasteiger partial charge in [-0.05, 0) is 0 Å². The molecule has 17 heavy (non-hydrogen) atoms. The van der Waals surface area contributed by atoms with E-state index in [1.165, 1.54) is 4.46 Å². The van der Waals surface area contributed by atoms with Crippen LogP contribution in [0.5, 0.6) is 0 Å². The number of hydrogen-bond acceptors (Lipinski definition) is 3. The van der Waals surface area contributed by atoms with Crippen LogP contribution in [0.3, 0.4) is 0 Å². The van der Waals surface area contributed by atoms with Gasteiger partial charge in [-0.25, -0.2) is 0 Å². The molecule has 0 amide bonds. The van der Waals surface area contributed by atoms with Gasteiger partial charge < -0.3 is 0 Å². The van der Waals surface area contributed by atoms with Crippen LogP contribution < -0.4 is 4.46 Å². The summed E-state index contributed by atoms with van der Waals surface area (Å²) >= 11 is 0.0310. The molecule has 1 aromatic carbocycles. The summed E-state index contributed by atoms with van der Waals surface area (Å²) in [6.07, 6.45) is 0. The van der Waals surface area contributed by atoms with E-state index in [0.29, 0.717) is 19.8 Å². The third kappa shape index (κ3) is 4.82. The van der Waals surface area contributed by atoms with Gasteiger partial charge in [0.1, 0.15) is 0 Å². The zero-order chi connectivity index (χ0) is 12.6. The van der Waals surface area contributed by atoms with Crippen LogP contribution in [-0.2, 0) is 14.0 Å². The van der Waals surface area contributed by atoms with Crippen molar-refractivity contribution in [3.05, 3.63) is 30.3 Å². The predicted molar refractivity (Wildman–Crippen MR) is 72.5 cm³/mol. The molecule has 96 valence electrons. The molecule has 3 nitrogen and oxygen atoms in total. The Hall–Kier alpha value is -0.316. The molecule has 0 spiro atoms. The van der Waals surface area contributed by atoms with Crippen molar-refractivity contribution < 1.29 is 14.0 Å². The van der Waals surface area contributed by atoms with E-state index in [0.717, 1.165) is 0 Å². The van der Waals surface area contributed by atoms with Crippen molar-refractivity contribution in [2.45, 2.75) is 20.8 Å². The Balaban J connectivity index is 2.80. The molecule has 0 saturated heterocycles. The fourth-order valence-electron chi connectivity index (χ4n) is 1.52. The first kappa shape index (κ1) is 14.7. The third-order valence-electron chi connectivity index (χ3n) is 2.14. The second kappa shape index (κ2) is 7.90. The van der Waals surface area contributed by atoms with E-state index in [1.54, 1.807) is 0 Å². The maximum atomic E-state index is 5.76. The molecule has 0 fully saturated rings. The third-order valence-corrected chi connectivity index (χ3v) is 4.74. The Morgan fingerprint density at radius 3 is 1.76 bits per heavy atom. The average molecular weight is 302 g/mol. The van der Waals surface area contributed by atoms with E-state index in [2.05, 4.69) is 12.1 Å². The standard InChI is InChI=1S/C12H20BO3Se/c1-4-14-13(15-5-2,16-6-3)17-12-10-8-7-9-11-12/h7-11H,4-6H2,1-3H3/q-1. The van der Waals surface area contributed by atoms with Crippen LogP contribution >= 0.6 is 0 Å². The second-order valence-corrected chi connectivity index (χ2v) is 6.07. The summed E-state index contributed by atoms with van der Waals surface area (Å²) in [5.41, 5.74) is -1.60. The molecule has 1 aromatic rings. The SMILES string of the molecule is CCO[B-](OCC)(OCC)[Se]c1ccccc1. The first-order valence-corrected chi connectivity index (χ1v) is 7.89. The van der Waals surface area contributed by atoms with Gasteiger partial charge in [0, 0.05) is 0 Å². The first-order chi connectivity index (χ1) is 8.26. The van der Waals surface area contributed by atoms with Gasteiger partial charge in [-0.1, -0.05) is 0 Å². The average Bonchev–Trinajstić information content (AvgIpc) is 2.31. The van der Waals surface area contributed by atoms with Crippen molar-refractivity contribution >= 4 is 24.8 Å². The van der Waals surface area contributed by atoms with Crippen LogP contribution in [0.15, 0.2) is 30.3 Å². The molecule has 0 aliphatic heterocycles. The Kier molecular flexibility index (Phi) is 6.86. The van der Waals surface area contributed by atoms with Gasteiger partial charge >= 0.3 is 110 Å². The van der Waals surface area contributed by atoms with Gasteiger partial charge in [-0.15, -0.1) is 0 Å². The predicted octanol–water partition coefficient (Wildman–Crippen LogP) is 1.56. The van der Waals surface area contributed by atoms with Crippen molar-refractivity contribution in [2.75, 3.05) is 19.8 Å². The zero-order valence-electron chi connectivity index (χ0n) is 10.7. The van der Waals surface area contributed by atoms with E-state index < -0.39 is 5.57 Å². The topological polar surface area (TPSA) is 27.7 Å². The summed E-state index contributed by atoms with van der Waals surface area (Å²) in [5, 5.41) is 0. The van der Waals surface area contributed by atoms with E-state index in [-0.39, 0.29) is 14.8 Å². The molecule has 0 radical (unpaired) electrons. The molecule has 0 aliphatic rings. The fourth-order valence-corrected chi connectivity index (χ4v) is 4.17. The molecular formula is C12H20BO3Se-. The van der Waals surface area contributed by atoms with Crippen molar-refractivity contribution in [3.8, 4) is 0 Å². The Bertz CT molecular complexity index is 291. The normalized spacial score (nSPS) is 11.7. The summed E-state index contributed by atoms with van der Waals surface area (Å²) in [6.45, 7) is 7.72. The molecule has 0 saturated carbocycles. The molecule has 5 heteroatoms.